The number of carboxylic acids is 1. The number of nitrogens with zero attached hydrogens (tertiary/aromatic N) is 1. The largest absolute Gasteiger partial charge is 0.477 e. The molecular formula is C18H20N2O5. The molecule has 2 rings (SSSR count). The number of hydrogen-bond acceptors (Lipinski definition) is 4. The Morgan fingerprint density at radius 3 is 2.36 bits per heavy atom. The number of hydrogen-bond donors (Lipinski definition) is 2. The standard InChI is InChI=1S/C18H20N2O5/c1-18(2,3)12-6-8-13(9-7-12)19-15(21)11-25-20-10-4-5-14(16(20)22)17(23)24/h4-10H,11H2,1-3H3,(H,19,21)(H,23,24). The second-order valence-corrected chi connectivity index (χ2v) is 6.51. The van der Waals surface area contributed by atoms with E-state index in [1.54, 1.807) is 12.1 Å². The van der Waals surface area contributed by atoms with E-state index in [0.29, 0.717) is 5.69 Å². The van der Waals surface area contributed by atoms with E-state index in [2.05, 4.69) is 26.1 Å². The van der Waals surface area contributed by atoms with Gasteiger partial charge < -0.3 is 15.3 Å². The first-order chi connectivity index (χ1) is 11.7. The fourth-order valence-corrected chi connectivity index (χ4v) is 2.12. The first kappa shape index (κ1) is 18.3. The van der Waals surface area contributed by atoms with Crippen molar-refractivity contribution in [3.8, 4) is 0 Å². The Kier molecular flexibility index (Phi) is 5.26. The summed E-state index contributed by atoms with van der Waals surface area (Å²) in [5.41, 5.74) is 0.493. The fraction of sp³-hybridized carbons (Fsp3) is 0.278. The quantitative estimate of drug-likeness (QED) is 0.863. The van der Waals surface area contributed by atoms with Crippen LogP contribution in [-0.4, -0.2) is 28.3 Å². The maximum atomic E-state index is 11.9. The number of aromatic nitrogens is 1. The second-order valence-electron chi connectivity index (χ2n) is 6.51. The Balaban J connectivity index is 1.99. The van der Waals surface area contributed by atoms with Crippen LogP contribution in [0.15, 0.2) is 47.4 Å². The Morgan fingerprint density at radius 1 is 1.16 bits per heavy atom. The van der Waals surface area contributed by atoms with Crippen molar-refractivity contribution < 1.29 is 19.5 Å². The minimum Gasteiger partial charge on any atom is -0.477 e. The highest BCUT2D eigenvalue weighted by molar-refractivity contribution is 5.91. The first-order valence-corrected chi connectivity index (χ1v) is 7.67. The molecule has 1 aromatic heterocycles. The monoisotopic (exact) mass is 344 g/mol. The van der Waals surface area contributed by atoms with Crippen molar-refractivity contribution in [2.75, 3.05) is 11.9 Å². The van der Waals surface area contributed by atoms with E-state index >= 15 is 0 Å². The lowest BCUT2D eigenvalue weighted by Crippen LogP contribution is -2.34. The summed E-state index contributed by atoms with van der Waals surface area (Å²) in [4.78, 5) is 39.7. The van der Waals surface area contributed by atoms with Crippen LogP contribution < -0.4 is 15.7 Å². The van der Waals surface area contributed by atoms with Crippen LogP contribution in [0.5, 0.6) is 0 Å². The average molecular weight is 344 g/mol. The SMILES string of the molecule is CC(C)(C)c1ccc(NC(=O)COn2cccc(C(=O)O)c2=O)cc1. The van der Waals surface area contributed by atoms with E-state index in [4.69, 9.17) is 9.94 Å². The third-order valence-electron chi connectivity index (χ3n) is 3.51. The lowest BCUT2D eigenvalue weighted by molar-refractivity contribution is -0.120. The van der Waals surface area contributed by atoms with Crippen LogP contribution in [0, 0.1) is 0 Å². The van der Waals surface area contributed by atoms with Gasteiger partial charge in [0.25, 0.3) is 11.5 Å². The second kappa shape index (κ2) is 7.21. The number of carbonyl (C=O) groups is 2. The van der Waals surface area contributed by atoms with Gasteiger partial charge in [-0.2, -0.15) is 4.73 Å². The molecule has 0 radical (unpaired) electrons. The van der Waals surface area contributed by atoms with E-state index in [1.165, 1.54) is 18.3 Å². The minimum atomic E-state index is -1.36. The van der Waals surface area contributed by atoms with Gasteiger partial charge in [0.15, 0.2) is 6.61 Å². The zero-order valence-electron chi connectivity index (χ0n) is 14.3. The summed E-state index contributed by atoms with van der Waals surface area (Å²) in [5, 5.41) is 11.5. The maximum absolute atomic E-state index is 11.9. The number of aromatic carboxylic acids is 1. The molecule has 0 bridgehead atoms. The lowest BCUT2D eigenvalue weighted by Gasteiger charge is -2.19. The summed E-state index contributed by atoms with van der Waals surface area (Å²) in [6.07, 6.45) is 1.25. The van der Waals surface area contributed by atoms with Crippen molar-refractivity contribution in [2.24, 2.45) is 0 Å². The molecule has 132 valence electrons. The molecule has 1 aromatic carbocycles. The number of carbonyl (C=O) groups excluding carboxylic acids is 1. The number of benzene rings is 1. The Hall–Kier alpha value is -3.09. The van der Waals surface area contributed by atoms with Gasteiger partial charge in [0.05, 0.1) is 0 Å². The fourth-order valence-electron chi connectivity index (χ4n) is 2.12. The lowest BCUT2D eigenvalue weighted by atomic mass is 9.87. The minimum absolute atomic E-state index is 0.0158. The molecule has 0 unspecified atom stereocenters. The van der Waals surface area contributed by atoms with Crippen LogP contribution in [0.4, 0.5) is 5.69 Å². The summed E-state index contributed by atoms with van der Waals surface area (Å²) >= 11 is 0. The molecule has 0 atom stereocenters. The summed E-state index contributed by atoms with van der Waals surface area (Å²) < 4.78 is 0.728. The molecular weight excluding hydrogens is 324 g/mol. The topological polar surface area (TPSA) is 97.6 Å². The Bertz CT molecular complexity index is 832. The Morgan fingerprint density at radius 2 is 1.80 bits per heavy atom. The molecule has 7 heteroatoms. The van der Waals surface area contributed by atoms with E-state index in [-0.39, 0.29) is 5.41 Å². The van der Waals surface area contributed by atoms with Gasteiger partial charge in [-0.3, -0.25) is 9.59 Å². The van der Waals surface area contributed by atoms with Crippen LogP contribution in [0.3, 0.4) is 0 Å². The predicted molar refractivity (Wildman–Crippen MR) is 92.9 cm³/mol. The molecule has 0 fully saturated rings. The normalized spacial score (nSPS) is 11.0. The molecule has 0 aliphatic carbocycles. The summed E-state index contributed by atoms with van der Waals surface area (Å²) in [6, 6.07) is 9.95. The van der Waals surface area contributed by atoms with Crippen LogP contribution in [0.1, 0.15) is 36.7 Å². The summed E-state index contributed by atoms with van der Waals surface area (Å²) in [5.74, 6) is -1.82. The highest BCUT2D eigenvalue weighted by Crippen LogP contribution is 2.23. The number of carboxylic acid groups (broad SMARTS) is 1. The maximum Gasteiger partial charge on any atom is 0.341 e. The molecule has 2 N–H and O–H groups in total. The Labute approximate surface area is 144 Å². The summed E-state index contributed by atoms with van der Waals surface area (Å²) in [6.45, 7) is 5.86. The van der Waals surface area contributed by atoms with Crippen molar-refractivity contribution in [2.45, 2.75) is 26.2 Å². The van der Waals surface area contributed by atoms with Gasteiger partial charge in [-0.05, 0) is 35.2 Å². The average Bonchev–Trinajstić information content (AvgIpc) is 2.53. The first-order valence-electron chi connectivity index (χ1n) is 7.67. The van der Waals surface area contributed by atoms with E-state index in [0.717, 1.165) is 10.3 Å². The van der Waals surface area contributed by atoms with Crippen molar-refractivity contribution in [3.05, 3.63) is 64.1 Å². The number of rotatable bonds is 5. The summed E-state index contributed by atoms with van der Waals surface area (Å²) in [7, 11) is 0. The van der Waals surface area contributed by atoms with Crippen LogP contribution in [0.2, 0.25) is 0 Å². The van der Waals surface area contributed by atoms with Gasteiger partial charge in [0.1, 0.15) is 5.56 Å². The third-order valence-corrected chi connectivity index (χ3v) is 3.51. The molecule has 0 aliphatic heterocycles. The predicted octanol–water partition coefficient (Wildman–Crippen LogP) is 1.91. The molecule has 1 heterocycles. The van der Waals surface area contributed by atoms with Crippen LogP contribution in [-0.2, 0) is 10.2 Å². The molecule has 2 aromatic rings. The van der Waals surface area contributed by atoms with Gasteiger partial charge in [-0.1, -0.05) is 32.9 Å². The highest BCUT2D eigenvalue weighted by Gasteiger charge is 2.14. The van der Waals surface area contributed by atoms with Crippen molar-refractivity contribution in [1.82, 2.24) is 4.73 Å². The number of anilines is 1. The number of amides is 1. The third kappa shape index (κ3) is 4.69. The van der Waals surface area contributed by atoms with Gasteiger partial charge in [0.2, 0.25) is 0 Å². The number of pyridine rings is 1. The van der Waals surface area contributed by atoms with Crippen molar-refractivity contribution >= 4 is 17.6 Å². The van der Waals surface area contributed by atoms with E-state index in [9.17, 15) is 14.4 Å². The molecule has 0 aliphatic rings. The van der Waals surface area contributed by atoms with Gasteiger partial charge in [0, 0.05) is 11.9 Å². The van der Waals surface area contributed by atoms with E-state index < -0.39 is 29.6 Å². The van der Waals surface area contributed by atoms with Crippen molar-refractivity contribution in [3.63, 3.8) is 0 Å². The molecule has 0 saturated carbocycles. The van der Waals surface area contributed by atoms with Crippen LogP contribution >= 0.6 is 0 Å². The van der Waals surface area contributed by atoms with Gasteiger partial charge in [-0.15, -0.1) is 0 Å². The molecule has 1 amide bonds. The zero-order chi connectivity index (χ0) is 18.6. The van der Waals surface area contributed by atoms with Gasteiger partial charge in [-0.25, -0.2) is 4.79 Å². The molecule has 25 heavy (non-hydrogen) atoms. The zero-order valence-corrected chi connectivity index (χ0v) is 14.3. The smallest absolute Gasteiger partial charge is 0.341 e. The van der Waals surface area contributed by atoms with Gasteiger partial charge >= 0.3 is 5.97 Å². The molecule has 0 spiro atoms. The van der Waals surface area contributed by atoms with E-state index in [1.807, 2.05) is 12.1 Å². The molecule has 0 saturated heterocycles. The van der Waals surface area contributed by atoms with Crippen LogP contribution in [0.25, 0.3) is 0 Å². The van der Waals surface area contributed by atoms with Crippen molar-refractivity contribution in [1.29, 1.82) is 0 Å². The number of nitrogens with one attached hydrogen (secondary N) is 1. The molecule has 7 nitrogen and oxygen atoms in total. The highest BCUT2D eigenvalue weighted by atomic mass is 16.7.